The van der Waals surface area contributed by atoms with E-state index in [-0.39, 0.29) is 12.1 Å². The van der Waals surface area contributed by atoms with Gasteiger partial charge in [-0.05, 0) is 46.8 Å². The average molecular weight is 449 g/mol. The monoisotopic (exact) mass is 448 g/mol. The fourth-order valence-corrected chi connectivity index (χ4v) is 4.58. The molecule has 0 saturated carbocycles. The number of thiazole rings is 1. The Labute approximate surface area is 184 Å². The Hall–Kier alpha value is -2.16. The van der Waals surface area contributed by atoms with Gasteiger partial charge in [-0.15, -0.1) is 11.3 Å². The fourth-order valence-electron chi connectivity index (χ4n) is 3.59. The van der Waals surface area contributed by atoms with Crippen molar-refractivity contribution in [2.24, 2.45) is 0 Å². The highest BCUT2D eigenvalue weighted by molar-refractivity contribution is 7.15. The first-order valence-electron chi connectivity index (χ1n) is 9.88. The lowest BCUT2D eigenvalue weighted by Crippen LogP contribution is -2.54. The number of oxazole rings is 1. The molecule has 3 heterocycles. The molecular formula is C21H25ClN4O3S. The van der Waals surface area contributed by atoms with Gasteiger partial charge in [0.25, 0.3) is 0 Å². The molecule has 2 aromatic heterocycles. The Kier molecular flexibility index (Phi) is 5.50. The van der Waals surface area contributed by atoms with Crippen LogP contribution >= 0.6 is 22.9 Å². The molecule has 160 valence electrons. The lowest BCUT2D eigenvalue weighted by atomic mass is 10.1. The van der Waals surface area contributed by atoms with Crippen LogP contribution < -0.4 is 5.32 Å². The van der Waals surface area contributed by atoms with Gasteiger partial charge in [-0.25, -0.2) is 14.8 Å². The minimum atomic E-state index is -0.583. The smallest absolute Gasteiger partial charge is 0.411 e. The van der Waals surface area contributed by atoms with E-state index >= 15 is 0 Å². The molecule has 3 aromatic rings. The highest BCUT2D eigenvalue weighted by Crippen LogP contribution is 2.37. The minimum absolute atomic E-state index is 0.0552. The zero-order valence-electron chi connectivity index (χ0n) is 17.7. The third-order valence-corrected chi connectivity index (χ3v) is 6.00. The van der Waals surface area contributed by atoms with E-state index < -0.39 is 11.6 Å². The number of hydrogen-bond acceptors (Lipinski definition) is 7. The summed E-state index contributed by atoms with van der Waals surface area (Å²) in [5.74, 6) is 0.451. The molecule has 0 aliphatic carbocycles. The number of benzene rings is 1. The summed E-state index contributed by atoms with van der Waals surface area (Å²) >= 11 is 7.92. The van der Waals surface area contributed by atoms with Crippen LogP contribution in [0.15, 0.2) is 22.7 Å². The van der Waals surface area contributed by atoms with Crippen LogP contribution in [0.5, 0.6) is 0 Å². The number of ether oxygens (including phenoxy) is 1. The molecule has 1 amide bonds. The van der Waals surface area contributed by atoms with Crippen LogP contribution in [0.3, 0.4) is 0 Å². The van der Waals surface area contributed by atoms with E-state index in [2.05, 4.69) is 10.3 Å². The van der Waals surface area contributed by atoms with Crippen LogP contribution in [0.4, 0.5) is 4.79 Å². The summed E-state index contributed by atoms with van der Waals surface area (Å²) in [5.41, 5.74) is 1.47. The van der Waals surface area contributed by atoms with Crippen molar-refractivity contribution < 1.29 is 13.9 Å². The van der Waals surface area contributed by atoms with Gasteiger partial charge >= 0.3 is 6.09 Å². The maximum atomic E-state index is 12.9. The molecule has 0 spiro atoms. The van der Waals surface area contributed by atoms with Gasteiger partial charge in [0.1, 0.15) is 22.2 Å². The summed E-state index contributed by atoms with van der Waals surface area (Å²) in [6.45, 7) is 10.8. The van der Waals surface area contributed by atoms with Crippen LogP contribution in [-0.4, -0.2) is 45.7 Å². The van der Waals surface area contributed by atoms with Crippen molar-refractivity contribution in [3.8, 4) is 10.6 Å². The predicted octanol–water partition coefficient (Wildman–Crippen LogP) is 5.18. The van der Waals surface area contributed by atoms with Gasteiger partial charge < -0.3 is 14.5 Å². The number of fused-ring (bicyclic) bond motifs is 1. The molecule has 1 aliphatic rings. The quantitative estimate of drug-likeness (QED) is 0.581. The molecule has 1 aliphatic heterocycles. The number of hydrogen-bond donors (Lipinski definition) is 1. The maximum Gasteiger partial charge on any atom is 0.411 e. The molecule has 0 bridgehead atoms. The first kappa shape index (κ1) is 21.1. The van der Waals surface area contributed by atoms with E-state index in [9.17, 15) is 4.79 Å². The van der Waals surface area contributed by atoms with Gasteiger partial charge in [-0.2, -0.15) is 0 Å². The molecule has 30 heavy (non-hydrogen) atoms. The molecular weight excluding hydrogens is 424 g/mol. The summed E-state index contributed by atoms with van der Waals surface area (Å²) in [6.07, 6.45) is 1.44. The van der Waals surface area contributed by atoms with Gasteiger partial charge in [0.15, 0.2) is 5.58 Å². The van der Waals surface area contributed by atoms with Crippen molar-refractivity contribution >= 4 is 40.1 Å². The number of aromatic nitrogens is 2. The first-order chi connectivity index (χ1) is 14.1. The summed E-state index contributed by atoms with van der Waals surface area (Å²) in [5, 5.41) is 4.78. The summed E-state index contributed by atoms with van der Waals surface area (Å²) in [4.78, 5) is 24.8. The van der Waals surface area contributed by atoms with Crippen LogP contribution in [0.1, 0.15) is 44.5 Å². The highest BCUT2D eigenvalue weighted by atomic mass is 35.5. The van der Waals surface area contributed by atoms with Crippen molar-refractivity contribution in [1.29, 1.82) is 0 Å². The number of nitrogens with one attached hydrogen (secondary N) is 1. The normalized spacial score (nSPS) is 20.0. The van der Waals surface area contributed by atoms with Crippen LogP contribution in [0, 0.1) is 6.92 Å². The standard InChI is InChI=1S/C21H25ClN4O3S/c1-11-10-24-19(30-11)14-8-13(22)9-15-17(14)28-18(25-15)16-12(2)23-6-7-26(16)20(27)29-21(3,4)5/h8-10,12,16,23H,6-7H2,1-5H3/t12?,16-/m0/s1. The lowest BCUT2D eigenvalue weighted by Gasteiger charge is -2.39. The molecule has 1 aromatic carbocycles. The number of piperazine rings is 1. The molecule has 1 fully saturated rings. The van der Waals surface area contributed by atoms with Crippen molar-refractivity contribution in [1.82, 2.24) is 20.2 Å². The Balaban J connectivity index is 1.78. The fraction of sp³-hybridized carbons (Fsp3) is 0.476. The average Bonchev–Trinajstić information content (AvgIpc) is 3.25. The second-order valence-corrected chi connectivity index (χ2v) is 10.2. The van der Waals surface area contributed by atoms with E-state index in [1.54, 1.807) is 22.3 Å². The molecule has 1 unspecified atom stereocenters. The minimum Gasteiger partial charge on any atom is -0.444 e. The van der Waals surface area contributed by atoms with E-state index in [0.29, 0.717) is 35.1 Å². The van der Waals surface area contributed by atoms with Gasteiger partial charge in [0.2, 0.25) is 5.89 Å². The third kappa shape index (κ3) is 4.17. The first-order valence-corrected chi connectivity index (χ1v) is 11.1. The van der Waals surface area contributed by atoms with Crippen molar-refractivity contribution in [3.05, 3.63) is 34.1 Å². The molecule has 2 atom stereocenters. The lowest BCUT2D eigenvalue weighted by molar-refractivity contribution is 0.00267. The summed E-state index contributed by atoms with van der Waals surface area (Å²) in [7, 11) is 0. The SMILES string of the molecule is Cc1cnc(-c2cc(Cl)cc3nc([C@@H]4C(C)NCCN4C(=O)OC(C)(C)C)oc23)s1. The molecule has 7 nitrogen and oxygen atoms in total. The van der Waals surface area contributed by atoms with Crippen LogP contribution in [0.25, 0.3) is 21.7 Å². The van der Waals surface area contributed by atoms with Crippen molar-refractivity contribution in [3.63, 3.8) is 0 Å². The maximum absolute atomic E-state index is 12.9. The van der Waals surface area contributed by atoms with E-state index in [0.717, 1.165) is 15.4 Å². The van der Waals surface area contributed by atoms with Gasteiger partial charge in [0, 0.05) is 35.2 Å². The molecule has 4 rings (SSSR count). The zero-order chi connectivity index (χ0) is 21.6. The Bertz CT molecular complexity index is 1090. The largest absolute Gasteiger partial charge is 0.444 e. The molecule has 9 heteroatoms. The number of amides is 1. The number of nitrogens with zero attached hydrogens (tertiary/aromatic N) is 3. The number of rotatable bonds is 2. The topological polar surface area (TPSA) is 80.5 Å². The summed E-state index contributed by atoms with van der Waals surface area (Å²) < 4.78 is 11.9. The third-order valence-electron chi connectivity index (χ3n) is 4.83. The van der Waals surface area contributed by atoms with Crippen LogP contribution in [-0.2, 0) is 4.74 Å². The van der Waals surface area contributed by atoms with E-state index in [1.807, 2.05) is 46.9 Å². The number of carbonyl (C=O) groups excluding carboxylic acids is 1. The zero-order valence-corrected chi connectivity index (χ0v) is 19.2. The van der Waals surface area contributed by atoms with Crippen LogP contribution in [0.2, 0.25) is 5.02 Å². The second-order valence-electron chi connectivity index (χ2n) is 8.49. The van der Waals surface area contributed by atoms with Gasteiger partial charge in [-0.3, -0.25) is 4.90 Å². The number of aryl methyl sites for hydroxylation is 1. The Morgan fingerprint density at radius 2 is 2.17 bits per heavy atom. The van der Waals surface area contributed by atoms with Crippen molar-refractivity contribution in [2.75, 3.05) is 13.1 Å². The van der Waals surface area contributed by atoms with E-state index in [1.165, 1.54) is 0 Å². The second kappa shape index (κ2) is 7.83. The molecule has 0 radical (unpaired) electrons. The van der Waals surface area contributed by atoms with Crippen molar-refractivity contribution in [2.45, 2.75) is 52.3 Å². The predicted molar refractivity (Wildman–Crippen MR) is 118 cm³/mol. The molecule has 1 saturated heterocycles. The highest BCUT2D eigenvalue weighted by Gasteiger charge is 2.38. The van der Waals surface area contributed by atoms with Gasteiger partial charge in [0.05, 0.1) is 5.56 Å². The number of halogens is 1. The summed E-state index contributed by atoms with van der Waals surface area (Å²) in [6, 6.07) is 3.16. The Morgan fingerprint density at radius 1 is 1.40 bits per heavy atom. The molecule has 1 N–H and O–H groups in total. The number of carbonyl (C=O) groups is 1. The Morgan fingerprint density at radius 3 is 2.83 bits per heavy atom. The van der Waals surface area contributed by atoms with E-state index in [4.69, 9.17) is 25.7 Å². The van der Waals surface area contributed by atoms with Gasteiger partial charge in [-0.1, -0.05) is 11.6 Å².